The van der Waals surface area contributed by atoms with Crippen LogP contribution < -0.4 is 5.32 Å². The van der Waals surface area contributed by atoms with Gasteiger partial charge in [-0.25, -0.2) is 0 Å². The van der Waals surface area contributed by atoms with E-state index < -0.39 is 0 Å². The van der Waals surface area contributed by atoms with Gasteiger partial charge in [-0.1, -0.05) is 0 Å². The minimum absolute atomic E-state index is 0.117. The highest BCUT2D eigenvalue weighted by atomic mass is 16.5. The molecule has 0 aromatic heterocycles. The normalized spacial score (nSPS) is 22.4. The zero-order valence-corrected chi connectivity index (χ0v) is 9.43. The Morgan fingerprint density at radius 1 is 1.50 bits per heavy atom. The van der Waals surface area contributed by atoms with Gasteiger partial charge in [0.1, 0.15) is 0 Å². The molecule has 0 bridgehead atoms. The Balaban J connectivity index is 2.14. The third-order valence-corrected chi connectivity index (χ3v) is 2.23. The van der Waals surface area contributed by atoms with Crippen LogP contribution in [0.5, 0.6) is 0 Å². The second-order valence-corrected chi connectivity index (χ2v) is 4.97. The zero-order valence-electron chi connectivity index (χ0n) is 9.43. The van der Waals surface area contributed by atoms with E-state index in [9.17, 15) is 4.79 Å². The standard InChI is InChI=1S/C11H21NO2/c1-11(2,3)12-10(13)7-6-9-5-4-8-14-9/h9H,4-8H2,1-3H3,(H,12,13)/t9-/m1/s1. The summed E-state index contributed by atoms with van der Waals surface area (Å²) in [4.78, 5) is 11.4. The van der Waals surface area contributed by atoms with E-state index in [4.69, 9.17) is 4.74 Å². The highest BCUT2D eigenvalue weighted by Crippen LogP contribution is 2.16. The number of hydrogen-bond donors (Lipinski definition) is 1. The molecule has 0 spiro atoms. The quantitative estimate of drug-likeness (QED) is 0.753. The van der Waals surface area contributed by atoms with Crippen LogP contribution in [0.4, 0.5) is 0 Å². The molecule has 1 amide bonds. The van der Waals surface area contributed by atoms with Crippen molar-refractivity contribution in [2.45, 2.75) is 58.1 Å². The maximum absolute atomic E-state index is 11.4. The molecule has 1 heterocycles. The first kappa shape index (κ1) is 11.5. The Kier molecular flexibility index (Phi) is 3.93. The predicted molar refractivity (Wildman–Crippen MR) is 56.1 cm³/mol. The van der Waals surface area contributed by atoms with E-state index in [2.05, 4.69) is 5.32 Å². The molecule has 0 unspecified atom stereocenters. The lowest BCUT2D eigenvalue weighted by atomic mass is 10.1. The topological polar surface area (TPSA) is 38.3 Å². The number of carbonyl (C=O) groups is 1. The minimum atomic E-state index is -0.117. The van der Waals surface area contributed by atoms with E-state index >= 15 is 0 Å². The van der Waals surface area contributed by atoms with E-state index in [1.54, 1.807) is 0 Å². The predicted octanol–water partition coefficient (Wildman–Crippen LogP) is 1.86. The lowest BCUT2D eigenvalue weighted by Crippen LogP contribution is -2.40. The zero-order chi connectivity index (χ0) is 10.6. The van der Waals surface area contributed by atoms with Gasteiger partial charge in [-0.05, 0) is 40.0 Å². The lowest BCUT2D eigenvalue weighted by Gasteiger charge is -2.20. The first-order valence-corrected chi connectivity index (χ1v) is 5.40. The molecular formula is C11H21NO2. The van der Waals surface area contributed by atoms with Crippen molar-refractivity contribution in [3.63, 3.8) is 0 Å². The molecule has 1 saturated heterocycles. The van der Waals surface area contributed by atoms with Crippen LogP contribution in [0, 0.1) is 0 Å². The Hall–Kier alpha value is -0.570. The Morgan fingerprint density at radius 2 is 2.21 bits per heavy atom. The number of amides is 1. The summed E-state index contributed by atoms with van der Waals surface area (Å²) in [6, 6.07) is 0. The summed E-state index contributed by atoms with van der Waals surface area (Å²) < 4.78 is 5.45. The maximum Gasteiger partial charge on any atom is 0.220 e. The maximum atomic E-state index is 11.4. The van der Waals surface area contributed by atoms with E-state index in [1.807, 2.05) is 20.8 Å². The van der Waals surface area contributed by atoms with Crippen molar-refractivity contribution < 1.29 is 9.53 Å². The number of hydrogen-bond acceptors (Lipinski definition) is 2. The third kappa shape index (κ3) is 4.61. The number of rotatable bonds is 3. The molecule has 3 nitrogen and oxygen atoms in total. The molecular weight excluding hydrogens is 178 g/mol. The largest absolute Gasteiger partial charge is 0.378 e. The second kappa shape index (κ2) is 4.78. The first-order chi connectivity index (χ1) is 6.47. The van der Waals surface area contributed by atoms with Gasteiger partial charge in [0.15, 0.2) is 0 Å². The summed E-state index contributed by atoms with van der Waals surface area (Å²) in [5.74, 6) is 0.132. The molecule has 0 aliphatic carbocycles. The second-order valence-electron chi connectivity index (χ2n) is 4.97. The summed E-state index contributed by atoms with van der Waals surface area (Å²) in [5, 5.41) is 2.95. The van der Waals surface area contributed by atoms with Crippen molar-refractivity contribution in [3.8, 4) is 0 Å². The van der Waals surface area contributed by atoms with Gasteiger partial charge in [0.2, 0.25) is 5.91 Å². The van der Waals surface area contributed by atoms with E-state index in [1.165, 1.54) is 0 Å². The monoisotopic (exact) mass is 199 g/mol. The van der Waals surface area contributed by atoms with Crippen LogP contribution in [-0.2, 0) is 9.53 Å². The van der Waals surface area contributed by atoms with E-state index in [0.717, 1.165) is 25.9 Å². The Labute approximate surface area is 86.2 Å². The fourth-order valence-corrected chi connectivity index (χ4v) is 1.64. The molecule has 14 heavy (non-hydrogen) atoms. The molecule has 1 aliphatic rings. The molecule has 1 N–H and O–H groups in total. The highest BCUT2D eigenvalue weighted by Gasteiger charge is 2.18. The van der Waals surface area contributed by atoms with Crippen molar-refractivity contribution in [1.29, 1.82) is 0 Å². The van der Waals surface area contributed by atoms with Gasteiger partial charge in [-0.15, -0.1) is 0 Å². The van der Waals surface area contributed by atoms with Crippen LogP contribution in [-0.4, -0.2) is 24.2 Å². The van der Waals surface area contributed by atoms with Crippen molar-refractivity contribution in [1.82, 2.24) is 5.32 Å². The summed E-state index contributed by atoms with van der Waals surface area (Å²) in [5.41, 5.74) is -0.117. The minimum Gasteiger partial charge on any atom is -0.378 e. The van der Waals surface area contributed by atoms with Crippen molar-refractivity contribution in [2.75, 3.05) is 6.61 Å². The van der Waals surface area contributed by atoms with Crippen LogP contribution in [0.1, 0.15) is 46.5 Å². The van der Waals surface area contributed by atoms with Gasteiger partial charge in [0.05, 0.1) is 6.10 Å². The smallest absolute Gasteiger partial charge is 0.220 e. The summed E-state index contributed by atoms with van der Waals surface area (Å²) >= 11 is 0. The van der Waals surface area contributed by atoms with Gasteiger partial charge >= 0.3 is 0 Å². The van der Waals surface area contributed by atoms with E-state index in [0.29, 0.717) is 12.5 Å². The van der Waals surface area contributed by atoms with Gasteiger partial charge in [0, 0.05) is 18.6 Å². The number of ether oxygens (including phenoxy) is 1. The summed E-state index contributed by atoms with van der Waals surface area (Å²) in [6.07, 6.45) is 4.03. The average Bonchev–Trinajstić information content (AvgIpc) is 2.49. The van der Waals surface area contributed by atoms with Gasteiger partial charge in [-0.2, -0.15) is 0 Å². The van der Waals surface area contributed by atoms with Crippen LogP contribution in [0.25, 0.3) is 0 Å². The highest BCUT2D eigenvalue weighted by molar-refractivity contribution is 5.76. The molecule has 3 heteroatoms. The molecule has 1 rings (SSSR count). The lowest BCUT2D eigenvalue weighted by molar-refractivity contribution is -0.123. The van der Waals surface area contributed by atoms with Gasteiger partial charge in [0.25, 0.3) is 0 Å². The van der Waals surface area contributed by atoms with Crippen LogP contribution >= 0.6 is 0 Å². The molecule has 1 fully saturated rings. The van der Waals surface area contributed by atoms with E-state index in [-0.39, 0.29) is 11.4 Å². The molecule has 0 aromatic carbocycles. The third-order valence-electron chi connectivity index (χ3n) is 2.23. The SMILES string of the molecule is CC(C)(C)NC(=O)CC[C@H]1CCCO1. The summed E-state index contributed by atoms with van der Waals surface area (Å²) in [7, 11) is 0. The molecule has 0 radical (unpaired) electrons. The Bertz CT molecular complexity index is 190. The first-order valence-electron chi connectivity index (χ1n) is 5.40. The summed E-state index contributed by atoms with van der Waals surface area (Å²) in [6.45, 7) is 6.86. The van der Waals surface area contributed by atoms with Gasteiger partial charge in [-0.3, -0.25) is 4.79 Å². The molecule has 0 aromatic rings. The fraction of sp³-hybridized carbons (Fsp3) is 0.909. The number of nitrogens with one attached hydrogen (secondary N) is 1. The van der Waals surface area contributed by atoms with Crippen molar-refractivity contribution >= 4 is 5.91 Å². The molecule has 82 valence electrons. The van der Waals surface area contributed by atoms with Crippen molar-refractivity contribution in [3.05, 3.63) is 0 Å². The van der Waals surface area contributed by atoms with Crippen molar-refractivity contribution in [2.24, 2.45) is 0 Å². The molecule has 0 saturated carbocycles. The van der Waals surface area contributed by atoms with Crippen LogP contribution in [0.15, 0.2) is 0 Å². The van der Waals surface area contributed by atoms with Gasteiger partial charge < -0.3 is 10.1 Å². The Morgan fingerprint density at radius 3 is 2.71 bits per heavy atom. The average molecular weight is 199 g/mol. The van der Waals surface area contributed by atoms with Crippen LogP contribution in [0.2, 0.25) is 0 Å². The molecule has 1 atom stereocenters. The van der Waals surface area contributed by atoms with Crippen LogP contribution in [0.3, 0.4) is 0 Å². The molecule has 1 aliphatic heterocycles. The fourth-order valence-electron chi connectivity index (χ4n) is 1.64. The number of carbonyl (C=O) groups excluding carboxylic acids is 1.